The van der Waals surface area contributed by atoms with E-state index in [1.807, 2.05) is 13.0 Å². The third-order valence-electron chi connectivity index (χ3n) is 3.70. The fraction of sp³-hybridized carbons (Fsp3) is 0.692. The molecule has 1 aliphatic heterocycles. The van der Waals surface area contributed by atoms with Crippen LogP contribution in [0.4, 0.5) is 0 Å². The van der Waals surface area contributed by atoms with Crippen LogP contribution >= 0.6 is 0 Å². The lowest BCUT2D eigenvalue weighted by Gasteiger charge is -2.37. The minimum absolute atomic E-state index is 0.196. The number of likely N-dealkylation sites (N-methyl/N-ethyl adjacent to an activating group) is 2. The number of piperazine rings is 1. The average Bonchev–Trinajstić information content (AvgIpc) is 2.82. The largest absolute Gasteiger partial charge is 0.304 e. The van der Waals surface area contributed by atoms with Crippen molar-refractivity contribution in [3.05, 3.63) is 18.0 Å². The number of hydrogen-bond acceptors (Lipinski definition) is 4. The van der Waals surface area contributed by atoms with Gasteiger partial charge in [0.25, 0.3) is 0 Å². The molecule has 1 aromatic heterocycles. The van der Waals surface area contributed by atoms with Crippen molar-refractivity contribution >= 4 is 5.78 Å². The summed E-state index contributed by atoms with van der Waals surface area (Å²) in [6.45, 7) is 5.82. The van der Waals surface area contributed by atoms with Crippen LogP contribution in [0.25, 0.3) is 0 Å². The first-order valence-corrected chi connectivity index (χ1v) is 6.55. The molecule has 0 amide bonds. The summed E-state index contributed by atoms with van der Waals surface area (Å²) in [6.07, 6.45) is 2.28. The topological polar surface area (TPSA) is 41.4 Å². The molecule has 5 nitrogen and oxygen atoms in total. The van der Waals surface area contributed by atoms with Gasteiger partial charge < -0.3 is 9.80 Å². The number of rotatable bonds is 4. The minimum atomic E-state index is 0.196. The maximum Gasteiger partial charge on any atom is 0.182 e. The van der Waals surface area contributed by atoms with E-state index in [-0.39, 0.29) is 5.78 Å². The minimum Gasteiger partial charge on any atom is -0.304 e. The zero-order chi connectivity index (χ0) is 13.1. The Morgan fingerprint density at radius 1 is 1.44 bits per heavy atom. The highest BCUT2D eigenvalue weighted by Crippen LogP contribution is 2.13. The summed E-state index contributed by atoms with van der Waals surface area (Å²) in [6, 6.07) is 2.13. The van der Waals surface area contributed by atoms with Gasteiger partial charge in [-0.05, 0) is 27.1 Å². The smallest absolute Gasteiger partial charge is 0.182 e. The Kier molecular flexibility index (Phi) is 4.14. The predicted molar refractivity (Wildman–Crippen MR) is 70.8 cm³/mol. The highest BCUT2D eigenvalue weighted by Gasteiger charge is 2.25. The molecule has 5 heteroatoms. The number of hydrogen-bond donors (Lipinski definition) is 0. The molecule has 1 atom stereocenters. The highest BCUT2D eigenvalue weighted by atomic mass is 16.1. The molecule has 1 fully saturated rings. The van der Waals surface area contributed by atoms with E-state index < -0.39 is 0 Å². The van der Waals surface area contributed by atoms with Gasteiger partial charge in [-0.1, -0.05) is 0 Å². The summed E-state index contributed by atoms with van der Waals surface area (Å²) in [4.78, 5) is 16.9. The van der Waals surface area contributed by atoms with Crippen LogP contribution in [0.5, 0.6) is 0 Å². The van der Waals surface area contributed by atoms with Gasteiger partial charge in [0.1, 0.15) is 5.69 Å². The van der Waals surface area contributed by atoms with E-state index in [1.165, 1.54) is 0 Å². The molecule has 0 aromatic carbocycles. The summed E-state index contributed by atoms with van der Waals surface area (Å²) in [5, 5.41) is 4.15. The Labute approximate surface area is 108 Å². The maximum absolute atomic E-state index is 12.3. The van der Waals surface area contributed by atoms with E-state index in [4.69, 9.17) is 0 Å². The molecule has 2 heterocycles. The molecule has 0 bridgehead atoms. The van der Waals surface area contributed by atoms with Crippen LogP contribution in [0.2, 0.25) is 0 Å². The second kappa shape index (κ2) is 5.63. The molecule has 100 valence electrons. The SMILES string of the molecule is CCn1nccc1C(=O)CC1CN(C)CCN1C. The first kappa shape index (κ1) is 13.2. The normalized spacial score (nSPS) is 22.3. The van der Waals surface area contributed by atoms with Crippen LogP contribution in [0, 0.1) is 0 Å². The lowest BCUT2D eigenvalue weighted by Crippen LogP contribution is -2.50. The van der Waals surface area contributed by atoms with Crippen molar-refractivity contribution in [1.82, 2.24) is 19.6 Å². The van der Waals surface area contributed by atoms with Gasteiger partial charge in [0.2, 0.25) is 0 Å². The first-order chi connectivity index (χ1) is 8.61. The van der Waals surface area contributed by atoms with Gasteiger partial charge >= 0.3 is 0 Å². The van der Waals surface area contributed by atoms with Gasteiger partial charge in [-0.2, -0.15) is 5.10 Å². The van der Waals surface area contributed by atoms with Crippen molar-refractivity contribution in [1.29, 1.82) is 0 Å². The number of ketones is 1. The van der Waals surface area contributed by atoms with E-state index in [1.54, 1.807) is 10.9 Å². The molecule has 1 unspecified atom stereocenters. The number of carbonyl (C=O) groups is 1. The van der Waals surface area contributed by atoms with Gasteiger partial charge in [-0.15, -0.1) is 0 Å². The van der Waals surface area contributed by atoms with E-state index >= 15 is 0 Å². The zero-order valence-corrected chi connectivity index (χ0v) is 11.5. The number of carbonyl (C=O) groups excluding carboxylic acids is 1. The van der Waals surface area contributed by atoms with E-state index in [9.17, 15) is 4.79 Å². The van der Waals surface area contributed by atoms with Gasteiger partial charge in [0.05, 0.1) is 0 Å². The Bertz CT molecular complexity index is 415. The quantitative estimate of drug-likeness (QED) is 0.739. The fourth-order valence-electron chi connectivity index (χ4n) is 2.46. The Morgan fingerprint density at radius 3 is 2.94 bits per heavy atom. The van der Waals surface area contributed by atoms with Crippen molar-refractivity contribution < 1.29 is 4.79 Å². The summed E-state index contributed by atoms with van der Waals surface area (Å²) in [5.74, 6) is 0.196. The first-order valence-electron chi connectivity index (χ1n) is 6.55. The lowest BCUT2D eigenvalue weighted by molar-refractivity contribution is 0.0801. The third kappa shape index (κ3) is 2.79. The number of aryl methyl sites for hydroxylation is 1. The Hall–Kier alpha value is -1.20. The summed E-state index contributed by atoms with van der Waals surface area (Å²) >= 11 is 0. The molecule has 2 rings (SSSR count). The van der Waals surface area contributed by atoms with Crippen LogP contribution < -0.4 is 0 Å². The van der Waals surface area contributed by atoms with Gasteiger partial charge in [0.15, 0.2) is 5.78 Å². The zero-order valence-electron chi connectivity index (χ0n) is 11.5. The lowest BCUT2D eigenvalue weighted by atomic mass is 10.0. The molecule has 18 heavy (non-hydrogen) atoms. The number of aromatic nitrogens is 2. The second-order valence-electron chi connectivity index (χ2n) is 5.06. The van der Waals surface area contributed by atoms with Crippen molar-refractivity contribution in [2.75, 3.05) is 33.7 Å². The van der Waals surface area contributed by atoms with Crippen molar-refractivity contribution in [3.63, 3.8) is 0 Å². The van der Waals surface area contributed by atoms with Gasteiger partial charge in [0, 0.05) is 44.8 Å². The Morgan fingerprint density at radius 2 is 2.22 bits per heavy atom. The summed E-state index contributed by atoms with van der Waals surface area (Å²) in [7, 11) is 4.21. The molecule has 1 aliphatic rings. The van der Waals surface area contributed by atoms with Crippen molar-refractivity contribution in [2.45, 2.75) is 25.9 Å². The van der Waals surface area contributed by atoms with Crippen molar-refractivity contribution in [2.24, 2.45) is 0 Å². The molecule has 0 radical (unpaired) electrons. The number of Topliss-reactive ketones (excluding diaryl/α,β-unsaturated/α-hetero) is 1. The van der Waals surface area contributed by atoms with Gasteiger partial charge in [-0.25, -0.2) is 0 Å². The Balaban J connectivity index is 2.02. The van der Waals surface area contributed by atoms with Crippen LogP contribution in [-0.4, -0.2) is 65.1 Å². The monoisotopic (exact) mass is 250 g/mol. The van der Waals surface area contributed by atoms with E-state index in [0.717, 1.165) is 31.9 Å². The van der Waals surface area contributed by atoms with Crippen LogP contribution in [0.3, 0.4) is 0 Å². The third-order valence-corrected chi connectivity index (χ3v) is 3.70. The number of nitrogens with zero attached hydrogens (tertiary/aromatic N) is 4. The summed E-state index contributed by atoms with van der Waals surface area (Å²) < 4.78 is 1.77. The molecule has 0 spiro atoms. The summed E-state index contributed by atoms with van der Waals surface area (Å²) in [5.41, 5.74) is 0.735. The molecule has 0 aliphatic carbocycles. The molecular formula is C13H22N4O. The average molecular weight is 250 g/mol. The highest BCUT2D eigenvalue weighted by molar-refractivity contribution is 5.94. The standard InChI is InChI=1S/C13H22N4O/c1-4-17-12(5-6-14-17)13(18)9-11-10-15(2)7-8-16(11)3/h5-6,11H,4,7-10H2,1-3H3. The molecule has 1 aromatic rings. The van der Waals surface area contributed by atoms with Crippen LogP contribution in [0.1, 0.15) is 23.8 Å². The van der Waals surface area contributed by atoms with E-state index in [0.29, 0.717) is 12.5 Å². The molecular weight excluding hydrogens is 228 g/mol. The van der Waals surface area contributed by atoms with Crippen molar-refractivity contribution in [3.8, 4) is 0 Å². The fourth-order valence-corrected chi connectivity index (χ4v) is 2.46. The van der Waals surface area contributed by atoms with Crippen LogP contribution in [-0.2, 0) is 6.54 Å². The molecule has 1 saturated heterocycles. The van der Waals surface area contributed by atoms with Gasteiger partial charge in [-0.3, -0.25) is 9.48 Å². The predicted octanol–water partition coefficient (Wildman–Crippen LogP) is 0.722. The molecule has 0 N–H and O–H groups in total. The van der Waals surface area contributed by atoms with E-state index in [2.05, 4.69) is 29.0 Å². The second-order valence-corrected chi connectivity index (χ2v) is 5.06. The van der Waals surface area contributed by atoms with Crippen LogP contribution in [0.15, 0.2) is 12.3 Å². The molecule has 0 saturated carbocycles. The maximum atomic E-state index is 12.3.